The minimum atomic E-state index is -0.274. The Morgan fingerprint density at radius 3 is 2.30 bits per heavy atom. The molecule has 6 heteroatoms. The summed E-state index contributed by atoms with van der Waals surface area (Å²) in [4.78, 5) is 6.61. The van der Waals surface area contributed by atoms with Gasteiger partial charge >= 0.3 is 0 Å². The SMILES string of the molecule is ON1C=CC=NC1N1CCC(NC2CC2c2ccc(-c3ccc(Cl)cc3)cc2)CC1. The second-order valence-electron chi connectivity index (χ2n) is 8.42. The molecule has 2 aliphatic heterocycles. The first-order chi connectivity index (χ1) is 14.7. The van der Waals surface area contributed by atoms with E-state index in [1.54, 1.807) is 18.5 Å². The van der Waals surface area contributed by atoms with Gasteiger partial charge in [0.05, 0.1) is 0 Å². The lowest BCUT2D eigenvalue weighted by Gasteiger charge is -2.38. The number of benzene rings is 2. The van der Waals surface area contributed by atoms with Crippen LogP contribution in [0.25, 0.3) is 11.1 Å². The minimum Gasteiger partial charge on any atom is -0.311 e. The lowest BCUT2D eigenvalue weighted by atomic mass is 10.0. The Kier molecular flexibility index (Phi) is 5.61. The van der Waals surface area contributed by atoms with Gasteiger partial charge in [0, 0.05) is 48.5 Å². The number of nitrogens with one attached hydrogen (secondary N) is 1. The molecule has 2 aromatic rings. The number of halogens is 1. The van der Waals surface area contributed by atoms with Crippen LogP contribution in [0, 0.1) is 0 Å². The van der Waals surface area contributed by atoms with E-state index < -0.39 is 0 Å². The van der Waals surface area contributed by atoms with E-state index in [9.17, 15) is 5.21 Å². The Hall–Kier alpha value is -2.18. The van der Waals surface area contributed by atoms with Crippen LogP contribution >= 0.6 is 11.6 Å². The second kappa shape index (κ2) is 8.52. The maximum absolute atomic E-state index is 9.98. The van der Waals surface area contributed by atoms with Gasteiger partial charge in [-0.1, -0.05) is 48.0 Å². The number of nitrogens with zero attached hydrogens (tertiary/aromatic N) is 3. The van der Waals surface area contributed by atoms with Crippen LogP contribution in [0.2, 0.25) is 5.02 Å². The van der Waals surface area contributed by atoms with Crippen LogP contribution in [0.15, 0.2) is 65.8 Å². The summed E-state index contributed by atoms with van der Waals surface area (Å²) in [6, 6.07) is 18.1. The molecule has 0 bridgehead atoms. The van der Waals surface area contributed by atoms with E-state index in [1.165, 1.54) is 28.2 Å². The number of rotatable bonds is 5. The molecule has 0 amide bonds. The van der Waals surface area contributed by atoms with E-state index in [0.29, 0.717) is 18.0 Å². The molecular formula is C24H27ClN4O. The Bertz CT molecular complexity index is 919. The Balaban J connectivity index is 1.12. The van der Waals surface area contributed by atoms with Gasteiger partial charge in [-0.25, -0.2) is 5.06 Å². The monoisotopic (exact) mass is 422 g/mol. The van der Waals surface area contributed by atoms with E-state index in [2.05, 4.69) is 51.6 Å². The summed E-state index contributed by atoms with van der Waals surface area (Å²) in [5.74, 6) is 0.614. The molecule has 5 nitrogen and oxygen atoms in total. The zero-order valence-corrected chi connectivity index (χ0v) is 17.6. The van der Waals surface area contributed by atoms with Crippen molar-refractivity contribution in [1.82, 2.24) is 15.3 Å². The number of hydroxylamine groups is 2. The summed E-state index contributed by atoms with van der Waals surface area (Å²) in [7, 11) is 0. The molecule has 30 heavy (non-hydrogen) atoms. The predicted molar refractivity (Wildman–Crippen MR) is 121 cm³/mol. The Morgan fingerprint density at radius 2 is 1.63 bits per heavy atom. The van der Waals surface area contributed by atoms with Gasteiger partial charge in [0.2, 0.25) is 6.29 Å². The van der Waals surface area contributed by atoms with Crippen LogP contribution in [0.5, 0.6) is 0 Å². The van der Waals surface area contributed by atoms with Crippen molar-refractivity contribution in [2.75, 3.05) is 13.1 Å². The van der Waals surface area contributed by atoms with Crippen molar-refractivity contribution in [2.24, 2.45) is 4.99 Å². The molecule has 0 aromatic heterocycles. The average molecular weight is 423 g/mol. The molecule has 0 spiro atoms. The molecule has 0 radical (unpaired) electrons. The number of likely N-dealkylation sites (tertiary alicyclic amines) is 1. The summed E-state index contributed by atoms with van der Waals surface area (Å²) < 4.78 is 0. The van der Waals surface area contributed by atoms with Gasteiger partial charge in [-0.2, -0.15) is 0 Å². The van der Waals surface area contributed by atoms with Crippen molar-refractivity contribution >= 4 is 17.8 Å². The van der Waals surface area contributed by atoms with Crippen molar-refractivity contribution in [3.8, 4) is 11.1 Å². The van der Waals surface area contributed by atoms with Crippen molar-refractivity contribution in [3.63, 3.8) is 0 Å². The third-order valence-corrected chi connectivity index (χ3v) is 6.65. The third-order valence-electron chi connectivity index (χ3n) is 6.39. The Morgan fingerprint density at radius 1 is 0.967 bits per heavy atom. The van der Waals surface area contributed by atoms with Crippen LogP contribution < -0.4 is 5.32 Å². The highest BCUT2D eigenvalue weighted by Crippen LogP contribution is 2.42. The Labute approximate surface area is 182 Å². The fraction of sp³-hybridized carbons (Fsp3) is 0.375. The van der Waals surface area contributed by atoms with E-state index in [-0.39, 0.29) is 6.29 Å². The van der Waals surface area contributed by atoms with Crippen LogP contribution in [-0.2, 0) is 0 Å². The van der Waals surface area contributed by atoms with Crippen molar-refractivity contribution in [2.45, 2.75) is 43.6 Å². The summed E-state index contributed by atoms with van der Waals surface area (Å²) in [5.41, 5.74) is 3.84. The van der Waals surface area contributed by atoms with Crippen LogP contribution in [0.3, 0.4) is 0 Å². The topological polar surface area (TPSA) is 51.1 Å². The highest BCUT2D eigenvalue weighted by molar-refractivity contribution is 6.30. The number of aliphatic imine (C=N–C) groups is 1. The molecule has 3 unspecified atom stereocenters. The summed E-state index contributed by atoms with van der Waals surface area (Å²) in [6.07, 6.45) is 8.28. The van der Waals surface area contributed by atoms with Crippen LogP contribution in [-0.4, -0.2) is 52.8 Å². The molecule has 2 fully saturated rings. The van der Waals surface area contributed by atoms with Gasteiger partial charge < -0.3 is 5.32 Å². The molecule has 1 aliphatic carbocycles. The van der Waals surface area contributed by atoms with Crippen molar-refractivity contribution in [3.05, 3.63) is 71.4 Å². The smallest absolute Gasteiger partial charge is 0.201 e. The van der Waals surface area contributed by atoms with Gasteiger partial charge in [0.25, 0.3) is 0 Å². The van der Waals surface area contributed by atoms with Crippen LogP contribution in [0.1, 0.15) is 30.7 Å². The molecule has 2 N–H and O–H groups in total. The molecule has 156 valence electrons. The zero-order valence-electron chi connectivity index (χ0n) is 16.9. The van der Waals surface area contributed by atoms with Crippen molar-refractivity contribution < 1.29 is 5.21 Å². The lowest BCUT2D eigenvalue weighted by molar-refractivity contribution is -0.134. The molecule has 5 rings (SSSR count). The average Bonchev–Trinajstić information content (AvgIpc) is 3.55. The predicted octanol–water partition coefficient (Wildman–Crippen LogP) is 4.49. The van der Waals surface area contributed by atoms with Gasteiger partial charge in [-0.15, -0.1) is 0 Å². The molecule has 3 atom stereocenters. The number of allylic oxidation sites excluding steroid dienone is 1. The summed E-state index contributed by atoms with van der Waals surface area (Å²) >= 11 is 5.99. The highest BCUT2D eigenvalue weighted by atomic mass is 35.5. The maximum atomic E-state index is 9.98. The number of hydrogen-bond donors (Lipinski definition) is 2. The fourth-order valence-corrected chi connectivity index (χ4v) is 4.70. The van der Waals surface area contributed by atoms with E-state index in [4.69, 9.17) is 11.6 Å². The first kappa shape index (κ1) is 19.8. The number of piperidine rings is 1. The number of hydrogen-bond acceptors (Lipinski definition) is 5. The van der Waals surface area contributed by atoms with Gasteiger partial charge in [-0.3, -0.25) is 15.1 Å². The highest BCUT2D eigenvalue weighted by Gasteiger charge is 2.40. The quantitative estimate of drug-likeness (QED) is 0.745. The molecule has 2 aromatic carbocycles. The summed E-state index contributed by atoms with van der Waals surface area (Å²) in [5, 5.41) is 15.8. The van der Waals surface area contributed by atoms with E-state index in [0.717, 1.165) is 31.0 Å². The van der Waals surface area contributed by atoms with Crippen molar-refractivity contribution in [1.29, 1.82) is 0 Å². The van der Waals surface area contributed by atoms with Gasteiger partial charge in [0.15, 0.2) is 0 Å². The molecule has 3 aliphatic rings. The second-order valence-corrected chi connectivity index (χ2v) is 8.86. The van der Waals surface area contributed by atoms with E-state index in [1.807, 2.05) is 12.1 Å². The largest absolute Gasteiger partial charge is 0.311 e. The molecule has 1 saturated carbocycles. The fourth-order valence-electron chi connectivity index (χ4n) is 4.57. The van der Waals surface area contributed by atoms with Gasteiger partial charge in [-0.05, 0) is 54.2 Å². The minimum absolute atomic E-state index is 0.274. The normalized spacial score (nSPS) is 26.9. The lowest BCUT2D eigenvalue weighted by Crippen LogP contribution is -2.51. The standard InChI is InChI=1S/C24H27ClN4O/c25-20-8-6-18(7-9-20)17-2-4-19(5-3-17)22-16-23(22)27-21-10-14-28(15-11-21)24-26-12-1-13-29(24)30/h1-9,12-13,21-24,27,30H,10-11,14-16H2. The molecule has 1 saturated heterocycles. The first-order valence-corrected chi connectivity index (χ1v) is 11.1. The first-order valence-electron chi connectivity index (χ1n) is 10.7. The molecule has 2 heterocycles. The maximum Gasteiger partial charge on any atom is 0.201 e. The third kappa shape index (κ3) is 4.30. The van der Waals surface area contributed by atoms with Gasteiger partial charge in [0.1, 0.15) is 0 Å². The molecular weight excluding hydrogens is 396 g/mol. The van der Waals surface area contributed by atoms with Crippen LogP contribution in [0.4, 0.5) is 0 Å². The zero-order chi connectivity index (χ0) is 20.5. The van der Waals surface area contributed by atoms with E-state index >= 15 is 0 Å². The summed E-state index contributed by atoms with van der Waals surface area (Å²) in [6.45, 7) is 1.88.